The molecule has 1 saturated heterocycles. The second-order valence-electron chi connectivity index (χ2n) is 5.61. The molecule has 0 bridgehead atoms. The summed E-state index contributed by atoms with van der Waals surface area (Å²) >= 11 is 0. The molecule has 1 aromatic heterocycles. The van der Waals surface area contributed by atoms with Crippen molar-refractivity contribution in [1.82, 2.24) is 4.98 Å². The lowest BCUT2D eigenvalue weighted by Gasteiger charge is -2.27. The van der Waals surface area contributed by atoms with Crippen molar-refractivity contribution in [1.29, 1.82) is 0 Å². The summed E-state index contributed by atoms with van der Waals surface area (Å²) in [6.45, 7) is 5.02. The molecule has 1 aliphatic heterocycles. The molecule has 6 heteroatoms. The van der Waals surface area contributed by atoms with E-state index < -0.39 is 0 Å². The number of hydrogen-bond donors (Lipinski definition) is 1. The van der Waals surface area contributed by atoms with Crippen molar-refractivity contribution in [2.75, 3.05) is 43.1 Å². The monoisotopic (exact) mass is 327 g/mol. The quantitative estimate of drug-likeness (QED) is 0.912. The van der Waals surface area contributed by atoms with E-state index in [-0.39, 0.29) is 12.5 Å². The zero-order valence-corrected chi connectivity index (χ0v) is 13.7. The standard InChI is InChI=1S/C18H21N3O3/c1-14-4-2-3-5-16(14)24-13-18(22)20-15-6-7-17(19-12-15)21-8-10-23-11-9-21/h2-7,12H,8-11,13H2,1H3,(H,20,22). The number of morpholine rings is 1. The first-order valence-corrected chi connectivity index (χ1v) is 7.99. The van der Waals surface area contributed by atoms with E-state index in [0.717, 1.165) is 37.7 Å². The Morgan fingerprint density at radius 1 is 1.25 bits per heavy atom. The van der Waals surface area contributed by atoms with Crippen LogP contribution in [0.2, 0.25) is 0 Å². The molecule has 1 N–H and O–H groups in total. The van der Waals surface area contributed by atoms with Crippen LogP contribution < -0.4 is 15.0 Å². The van der Waals surface area contributed by atoms with Gasteiger partial charge in [-0.1, -0.05) is 18.2 Å². The van der Waals surface area contributed by atoms with Gasteiger partial charge in [0.05, 0.1) is 25.1 Å². The molecule has 1 fully saturated rings. The zero-order valence-electron chi connectivity index (χ0n) is 13.7. The molecule has 0 spiro atoms. The molecule has 0 unspecified atom stereocenters. The summed E-state index contributed by atoms with van der Waals surface area (Å²) in [7, 11) is 0. The Labute approximate surface area is 141 Å². The number of para-hydroxylation sites is 1. The first-order valence-electron chi connectivity index (χ1n) is 7.99. The number of pyridine rings is 1. The summed E-state index contributed by atoms with van der Waals surface area (Å²) in [6, 6.07) is 11.4. The van der Waals surface area contributed by atoms with Gasteiger partial charge in [0.1, 0.15) is 11.6 Å². The third-order valence-electron chi connectivity index (χ3n) is 3.82. The fourth-order valence-corrected chi connectivity index (χ4v) is 2.50. The van der Waals surface area contributed by atoms with Gasteiger partial charge in [0.15, 0.2) is 6.61 Å². The summed E-state index contributed by atoms with van der Waals surface area (Å²) in [4.78, 5) is 18.6. The topological polar surface area (TPSA) is 63.7 Å². The van der Waals surface area contributed by atoms with Gasteiger partial charge in [-0.15, -0.1) is 0 Å². The highest BCUT2D eigenvalue weighted by molar-refractivity contribution is 5.91. The molecule has 1 amide bonds. The molecule has 2 aromatic rings. The molecule has 1 aliphatic rings. The van der Waals surface area contributed by atoms with Crippen LogP contribution in [-0.2, 0) is 9.53 Å². The molecular weight excluding hydrogens is 306 g/mol. The van der Waals surface area contributed by atoms with E-state index in [4.69, 9.17) is 9.47 Å². The maximum atomic E-state index is 12.0. The van der Waals surface area contributed by atoms with E-state index >= 15 is 0 Å². The predicted octanol–water partition coefficient (Wildman–Crippen LogP) is 2.24. The minimum atomic E-state index is -0.209. The van der Waals surface area contributed by atoms with Crippen LogP contribution in [0.5, 0.6) is 5.75 Å². The highest BCUT2D eigenvalue weighted by Crippen LogP contribution is 2.17. The summed E-state index contributed by atoms with van der Waals surface area (Å²) in [5.41, 5.74) is 1.66. The third kappa shape index (κ3) is 4.23. The van der Waals surface area contributed by atoms with Crippen molar-refractivity contribution < 1.29 is 14.3 Å². The van der Waals surface area contributed by atoms with E-state index in [9.17, 15) is 4.79 Å². The lowest BCUT2D eigenvalue weighted by atomic mass is 10.2. The number of aryl methyl sites for hydroxylation is 1. The summed E-state index contributed by atoms with van der Waals surface area (Å²) in [5, 5.41) is 2.79. The molecule has 3 rings (SSSR count). The highest BCUT2D eigenvalue weighted by Gasteiger charge is 2.12. The number of amides is 1. The molecule has 1 aromatic carbocycles. The number of benzene rings is 1. The number of nitrogens with one attached hydrogen (secondary N) is 1. The van der Waals surface area contributed by atoms with E-state index in [2.05, 4.69) is 15.2 Å². The van der Waals surface area contributed by atoms with Gasteiger partial charge in [-0.2, -0.15) is 0 Å². The highest BCUT2D eigenvalue weighted by atomic mass is 16.5. The predicted molar refractivity (Wildman–Crippen MR) is 92.6 cm³/mol. The normalized spacial score (nSPS) is 14.3. The number of ether oxygens (including phenoxy) is 2. The average molecular weight is 327 g/mol. The fraction of sp³-hybridized carbons (Fsp3) is 0.333. The number of carbonyl (C=O) groups excluding carboxylic acids is 1. The Morgan fingerprint density at radius 3 is 2.75 bits per heavy atom. The van der Waals surface area contributed by atoms with Gasteiger partial charge in [0, 0.05) is 13.1 Å². The van der Waals surface area contributed by atoms with Crippen molar-refractivity contribution in [3.63, 3.8) is 0 Å². The van der Waals surface area contributed by atoms with E-state index in [1.54, 1.807) is 6.20 Å². The van der Waals surface area contributed by atoms with Crippen LogP contribution in [0.15, 0.2) is 42.6 Å². The van der Waals surface area contributed by atoms with Gasteiger partial charge in [-0.05, 0) is 30.7 Å². The van der Waals surface area contributed by atoms with Gasteiger partial charge in [0.2, 0.25) is 0 Å². The van der Waals surface area contributed by atoms with Crippen LogP contribution in [0, 0.1) is 6.92 Å². The van der Waals surface area contributed by atoms with Crippen molar-refractivity contribution >= 4 is 17.4 Å². The smallest absolute Gasteiger partial charge is 0.262 e. The maximum absolute atomic E-state index is 12.0. The molecule has 0 saturated carbocycles. The van der Waals surface area contributed by atoms with Crippen molar-refractivity contribution in [3.8, 4) is 5.75 Å². The van der Waals surface area contributed by atoms with Gasteiger partial charge in [-0.25, -0.2) is 4.98 Å². The minimum absolute atomic E-state index is 0.0317. The average Bonchev–Trinajstić information content (AvgIpc) is 2.62. The number of hydrogen-bond acceptors (Lipinski definition) is 5. The molecule has 126 valence electrons. The number of rotatable bonds is 5. The third-order valence-corrected chi connectivity index (χ3v) is 3.82. The van der Waals surface area contributed by atoms with Crippen molar-refractivity contribution in [2.45, 2.75) is 6.92 Å². The first-order chi connectivity index (χ1) is 11.7. The van der Waals surface area contributed by atoms with Crippen LogP contribution in [-0.4, -0.2) is 43.8 Å². The Bertz CT molecular complexity index is 682. The zero-order chi connectivity index (χ0) is 16.8. The molecular formula is C18H21N3O3. The van der Waals surface area contributed by atoms with Crippen LogP contribution in [0.25, 0.3) is 0 Å². The number of aromatic nitrogens is 1. The molecule has 0 aliphatic carbocycles. The summed E-state index contributed by atoms with van der Waals surface area (Å²) < 4.78 is 10.9. The Morgan fingerprint density at radius 2 is 2.04 bits per heavy atom. The Hall–Kier alpha value is -2.60. The maximum Gasteiger partial charge on any atom is 0.262 e. The second-order valence-corrected chi connectivity index (χ2v) is 5.61. The van der Waals surface area contributed by atoms with Crippen LogP contribution in [0.1, 0.15) is 5.56 Å². The number of nitrogens with zero attached hydrogens (tertiary/aromatic N) is 2. The van der Waals surface area contributed by atoms with Gasteiger partial charge >= 0.3 is 0 Å². The first kappa shape index (κ1) is 16.3. The SMILES string of the molecule is Cc1ccccc1OCC(=O)Nc1ccc(N2CCOCC2)nc1. The van der Waals surface area contributed by atoms with Crippen LogP contribution >= 0.6 is 0 Å². The molecule has 2 heterocycles. The van der Waals surface area contributed by atoms with Crippen molar-refractivity contribution in [2.24, 2.45) is 0 Å². The Balaban J connectivity index is 1.52. The fourth-order valence-electron chi connectivity index (χ4n) is 2.50. The molecule has 0 radical (unpaired) electrons. The Kier molecular flexibility index (Phi) is 5.28. The van der Waals surface area contributed by atoms with Gasteiger partial charge in [0.25, 0.3) is 5.91 Å². The van der Waals surface area contributed by atoms with Crippen LogP contribution in [0.3, 0.4) is 0 Å². The molecule has 0 atom stereocenters. The number of carbonyl (C=O) groups is 1. The van der Waals surface area contributed by atoms with E-state index in [0.29, 0.717) is 11.4 Å². The van der Waals surface area contributed by atoms with E-state index in [1.807, 2.05) is 43.3 Å². The molecule has 6 nitrogen and oxygen atoms in total. The summed E-state index contributed by atoms with van der Waals surface area (Å²) in [5.74, 6) is 1.40. The van der Waals surface area contributed by atoms with Gasteiger partial charge < -0.3 is 19.7 Å². The van der Waals surface area contributed by atoms with Gasteiger partial charge in [-0.3, -0.25) is 4.79 Å². The van der Waals surface area contributed by atoms with Crippen molar-refractivity contribution in [3.05, 3.63) is 48.2 Å². The lowest BCUT2D eigenvalue weighted by molar-refractivity contribution is -0.118. The largest absolute Gasteiger partial charge is 0.483 e. The molecule has 24 heavy (non-hydrogen) atoms. The lowest BCUT2D eigenvalue weighted by Crippen LogP contribution is -2.36. The van der Waals surface area contributed by atoms with Crippen LogP contribution in [0.4, 0.5) is 11.5 Å². The second kappa shape index (κ2) is 7.79. The van der Waals surface area contributed by atoms with E-state index in [1.165, 1.54) is 0 Å². The summed E-state index contributed by atoms with van der Waals surface area (Å²) in [6.07, 6.45) is 1.66. The minimum Gasteiger partial charge on any atom is -0.483 e. The number of anilines is 2.